The van der Waals surface area contributed by atoms with Crippen molar-refractivity contribution in [1.29, 1.82) is 0 Å². The molecular formula is C10H11ClN2O2. The van der Waals surface area contributed by atoms with Crippen molar-refractivity contribution in [3.8, 4) is 0 Å². The predicted octanol–water partition coefficient (Wildman–Crippen LogP) is 1.17. The van der Waals surface area contributed by atoms with Crippen LogP contribution in [0.25, 0.3) is 0 Å². The monoisotopic (exact) mass is 226 g/mol. The van der Waals surface area contributed by atoms with Crippen molar-refractivity contribution in [2.45, 2.75) is 6.92 Å². The molecule has 0 aliphatic rings. The molecule has 0 saturated heterocycles. The van der Waals surface area contributed by atoms with Crippen LogP contribution in [0.15, 0.2) is 29.4 Å². The first-order valence-electron chi connectivity index (χ1n) is 4.34. The molecule has 0 spiro atoms. The molecule has 2 N–H and O–H groups in total. The zero-order valence-corrected chi connectivity index (χ0v) is 8.95. The second kappa shape index (κ2) is 5.48. The molecule has 0 saturated carbocycles. The van der Waals surface area contributed by atoms with Crippen molar-refractivity contribution >= 4 is 23.2 Å². The summed E-state index contributed by atoms with van der Waals surface area (Å²) in [5.74, 6) is -0.554. The molecule has 1 amide bonds. The number of carbonyl (C=O) groups excluding carboxylic acids is 1. The summed E-state index contributed by atoms with van der Waals surface area (Å²) >= 11 is 5.93. The highest BCUT2D eigenvalue weighted by Crippen LogP contribution is 2.15. The van der Waals surface area contributed by atoms with Gasteiger partial charge in [-0.25, -0.2) is 5.43 Å². The topological polar surface area (TPSA) is 61.7 Å². The molecule has 0 atom stereocenters. The average Bonchev–Trinajstić information content (AvgIpc) is 2.26. The molecule has 80 valence electrons. The van der Waals surface area contributed by atoms with Gasteiger partial charge in [-0.2, -0.15) is 5.10 Å². The third-order valence-electron chi connectivity index (χ3n) is 1.76. The molecule has 5 heteroatoms. The lowest BCUT2D eigenvalue weighted by atomic mass is 10.1. The van der Waals surface area contributed by atoms with E-state index >= 15 is 0 Å². The minimum Gasteiger partial charge on any atom is -0.386 e. The molecule has 4 nitrogen and oxygen atoms in total. The zero-order valence-electron chi connectivity index (χ0n) is 8.20. The van der Waals surface area contributed by atoms with E-state index < -0.39 is 12.5 Å². The van der Waals surface area contributed by atoms with E-state index in [1.165, 1.54) is 0 Å². The molecule has 0 aromatic heterocycles. The minimum absolute atomic E-state index is 0.554. The van der Waals surface area contributed by atoms with E-state index in [2.05, 4.69) is 10.5 Å². The summed E-state index contributed by atoms with van der Waals surface area (Å²) in [4.78, 5) is 10.7. The summed E-state index contributed by atoms with van der Waals surface area (Å²) in [7, 11) is 0. The Hall–Kier alpha value is -1.39. The Morgan fingerprint density at radius 3 is 2.80 bits per heavy atom. The number of amides is 1. The molecule has 15 heavy (non-hydrogen) atoms. The van der Waals surface area contributed by atoms with Crippen LogP contribution in [0.5, 0.6) is 0 Å². The Labute approximate surface area is 92.6 Å². The van der Waals surface area contributed by atoms with Crippen molar-refractivity contribution < 1.29 is 9.90 Å². The molecule has 0 radical (unpaired) electrons. The number of rotatable bonds is 3. The highest BCUT2D eigenvalue weighted by molar-refractivity contribution is 6.34. The number of aliphatic hydroxyl groups is 1. The second-order valence-electron chi connectivity index (χ2n) is 2.87. The SMILES string of the molecule is CC(=NNC(=O)CO)c1ccccc1Cl. The van der Waals surface area contributed by atoms with Gasteiger partial charge in [0.05, 0.1) is 5.71 Å². The van der Waals surface area contributed by atoms with Crippen molar-refractivity contribution in [3.05, 3.63) is 34.9 Å². The second-order valence-corrected chi connectivity index (χ2v) is 3.28. The van der Waals surface area contributed by atoms with Gasteiger partial charge in [0.2, 0.25) is 0 Å². The van der Waals surface area contributed by atoms with Crippen LogP contribution in [0, 0.1) is 0 Å². The predicted molar refractivity (Wildman–Crippen MR) is 58.9 cm³/mol. The van der Waals surface area contributed by atoms with Crippen molar-refractivity contribution in [3.63, 3.8) is 0 Å². The maximum Gasteiger partial charge on any atom is 0.265 e. The van der Waals surface area contributed by atoms with Gasteiger partial charge in [0.25, 0.3) is 5.91 Å². The zero-order chi connectivity index (χ0) is 11.3. The Bertz CT molecular complexity index is 391. The maximum absolute atomic E-state index is 10.7. The summed E-state index contributed by atoms with van der Waals surface area (Å²) in [5.41, 5.74) is 3.53. The van der Waals surface area contributed by atoms with Crippen molar-refractivity contribution in [1.82, 2.24) is 5.43 Å². The summed E-state index contributed by atoms with van der Waals surface area (Å²) in [6.45, 7) is 1.14. The lowest BCUT2D eigenvalue weighted by molar-refractivity contribution is -0.123. The molecule has 0 aliphatic heterocycles. The quantitative estimate of drug-likeness (QED) is 0.601. The number of nitrogens with zero attached hydrogens (tertiary/aromatic N) is 1. The fourth-order valence-corrected chi connectivity index (χ4v) is 1.27. The van der Waals surface area contributed by atoms with Crippen LogP contribution < -0.4 is 5.43 Å². The van der Waals surface area contributed by atoms with Gasteiger partial charge >= 0.3 is 0 Å². The Morgan fingerprint density at radius 2 is 2.20 bits per heavy atom. The van der Waals surface area contributed by atoms with Gasteiger partial charge in [-0.3, -0.25) is 4.79 Å². The van der Waals surface area contributed by atoms with Crippen molar-refractivity contribution in [2.75, 3.05) is 6.61 Å². The third kappa shape index (κ3) is 3.34. The number of aliphatic hydroxyl groups excluding tert-OH is 1. The molecule has 1 aromatic rings. The van der Waals surface area contributed by atoms with E-state index in [0.29, 0.717) is 10.7 Å². The first-order chi connectivity index (χ1) is 7.15. The highest BCUT2D eigenvalue weighted by Gasteiger charge is 2.03. The number of nitrogens with one attached hydrogen (secondary N) is 1. The Balaban J connectivity index is 2.80. The molecule has 1 aromatic carbocycles. The minimum atomic E-state index is -0.584. The third-order valence-corrected chi connectivity index (χ3v) is 2.09. The Kier molecular flexibility index (Phi) is 4.27. The lowest BCUT2D eigenvalue weighted by Gasteiger charge is -2.03. The number of carbonyl (C=O) groups is 1. The van der Waals surface area contributed by atoms with Gasteiger partial charge in [-0.05, 0) is 13.0 Å². The molecule has 0 aliphatic carbocycles. The van der Waals surface area contributed by atoms with E-state index in [1.807, 2.05) is 12.1 Å². The van der Waals surface area contributed by atoms with Crippen LogP contribution >= 0.6 is 11.6 Å². The van der Waals surface area contributed by atoms with Crippen LogP contribution in [-0.4, -0.2) is 23.3 Å². The highest BCUT2D eigenvalue weighted by atomic mass is 35.5. The van der Waals surface area contributed by atoms with Gasteiger partial charge in [-0.1, -0.05) is 29.8 Å². The fourth-order valence-electron chi connectivity index (χ4n) is 0.996. The molecule has 0 heterocycles. The van der Waals surface area contributed by atoms with E-state index in [-0.39, 0.29) is 0 Å². The summed E-state index contributed by atoms with van der Waals surface area (Å²) < 4.78 is 0. The van der Waals surface area contributed by atoms with Gasteiger partial charge in [0, 0.05) is 10.6 Å². The van der Waals surface area contributed by atoms with Crippen LogP contribution in [0.4, 0.5) is 0 Å². The first kappa shape index (κ1) is 11.7. The average molecular weight is 227 g/mol. The lowest BCUT2D eigenvalue weighted by Crippen LogP contribution is -2.22. The largest absolute Gasteiger partial charge is 0.386 e. The van der Waals surface area contributed by atoms with Gasteiger partial charge < -0.3 is 5.11 Å². The van der Waals surface area contributed by atoms with Crippen LogP contribution in [-0.2, 0) is 4.79 Å². The van der Waals surface area contributed by atoms with Gasteiger partial charge in [0.1, 0.15) is 6.61 Å². The maximum atomic E-state index is 10.7. The van der Waals surface area contributed by atoms with Crippen LogP contribution in [0.2, 0.25) is 5.02 Å². The number of hydrogen-bond acceptors (Lipinski definition) is 3. The molecule has 0 unspecified atom stereocenters. The number of hydrazone groups is 1. The summed E-state index contributed by atoms with van der Waals surface area (Å²) in [5, 5.41) is 12.8. The number of halogens is 1. The Morgan fingerprint density at radius 1 is 1.53 bits per heavy atom. The summed E-state index contributed by atoms with van der Waals surface area (Å²) in [6, 6.07) is 7.18. The van der Waals surface area contributed by atoms with E-state index in [4.69, 9.17) is 16.7 Å². The molecule has 0 bridgehead atoms. The number of hydrogen-bond donors (Lipinski definition) is 2. The fraction of sp³-hybridized carbons (Fsp3) is 0.200. The smallest absolute Gasteiger partial charge is 0.265 e. The first-order valence-corrected chi connectivity index (χ1v) is 4.72. The molecular weight excluding hydrogens is 216 g/mol. The van der Waals surface area contributed by atoms with Crippen LogP contribution in [0.1, 0.15) is 12.5 Å². The molecule has 1 rings (SSSR count). The standard InChI is InChI=1S/C10H11ClN2O2/c1-7(12-13-10(15)6-14)8-4-2-3-5-9(8)11/h2-5,14H,6H2,1H3,(H,13,15). The molecule has 0 fully saturated rings. The van der Waals surface area contributed by atoms with Gasteiger partial charge in [0.15, 0.2) is 0 Å². The normalized spacial score (nSPS) is 11.3. The van der Waals surface area contributed by atoms with Crippen molar-refractivity contribution in [2.24, 2.45) is 5.10 Å². The van der Waals surface area contributed by atoms with Crippen LogP contribution in [0.3, 0.4) is 0 Å². The van der Waals surface area contributed by atoms with E-state index in [1.54, 1.807) is 19.1 Å². The number of benzene rings is 1. The van der Waals surface area contributed by atoms with E-state index in [0.717, 1.165) is 5.56 Å². The summed E-state index contributed by atoms with van der Waals surface area (Å²) in [6.07, 6.45) is 0. The van der Waals surface area contributed by atoms with E-state index in [9.17, 15) is 4.79 Å². The van der Waals surface area contributed by atoms with Gasteiger partial charge in [-0.15, -0.1) is 0 Å².